The molecule has 0 spiro atoms. The lowest BCUT2D eigenvalue weighted by molar-refractivity contribution is -0.140. The van der Waals surface area contributed by atoms with Crippen LogP contribution in [-0.4, -0.2) is 30.4 Å². The number of hydrogen-bond donors (Lipinski definition) is 2. The van der Waals surface area contributed by atoms with Crippen molar-refractivity contribution in [2.75, 3.05) is 13.7 Å². The Morgan fingerprint density at radius 1 is 1.25 bits per heavy atom. The van der Waals surface area contributed by atoms with Gasteiger partial charge in [0, 0.05) is 18.5 Å². The van der Waals surface area contributed by atoms with Gasteiger partial charge in [-0.3, -0.25) is 10.2 Å². The third kappa shape index (κ3) is 7.45. The lowest BCUT2D eigenvalue weighted by Gasteiger charge is -2.08. The fourth-order valence-corrected chi connectivity index (χ4v) is 1.98. The van der Waals surface area contributed by atoms with Crippen LogP contribution in [0.4, 0.5) is 8.78 Å². The maximum Gasteiger partial charge on any atom is 0.305 e. The fourth-order valence-electron chi connectivity index (χ4n) is 1.83. The van der Waals surface area contributed by atoms with Crippen molar-refractivity contribution in [3.63, 3.8) is 0 Å². The third-order valence-corrected chi connectivity index (χ3v) is 3.47. The zero-order valence-corrected chi connectivity index (χ0v) is 14.5. The smallest absolute Gasteiger partial charge is 0.305 e. The molecule has 1 aromatic rings. The van der Waals surface area contributed by atoms with E-state index in [1.165, 1.54) is 13.2 Å². The topological polar surface area (TPSA) is 62.7 Å². The average molecular weight is 357 g/mol. The van der Waals surface area contributed by atoms with E-state index in [9.17, 15) is 13.6 Å². The highest BCUT2D eigenvalue weighted by atomic mass is 32.1. The van der Waals surface area contributed by atoms with E-state index in [0.29, 0.717) is 29.4 Å². The minimum Gasteiger partial charge on any atom is -0.469 e. The number of hydrogen-bond acceptors (Lipinski definition) is 4. The van der Waals surface area contributed by atoms with Gasteiger partial charge in [0.25, 0.3) is 0 Å². The van der Waals surface area contributed by atoms with E-state index in [-0.39, 0.29) is 5.97 Å². The van der Waals surface area contributed by atoms with Crippen molar-refractivity contribution in [2.24, 2.45) is 5.10 Å². The first-order chi connectivity index (χ1) is 11.4. The summed E-state index contributed by atoms with van der Waals surface area (Å²) in [6, 6.07) is 3.57. The van der Waals surface area contributed by atoms with E-state index in [4.69, 9.17) is 12.2 Å². The number of carbonyl (C=O) groups is 1. The van der Waals surface area contributed by atoms with Gasteiger partial charge in [-0.25, -0.2) is 8.78 Å². The highest BCUT2D eigenvalue weighted by molar-refractivity contribution is 7.80. The predicted octanol–water partition coefficient (Wildman–Crippen LogP) is 2.89. The number of hydrazone groups is 1. The Kier molecular flexibility index (Phi) is 8.85. The third-order valence-electron chi connectivity index (χ3n) is 3.23. The molecule has 0 aliphatic carbocycles. The predicted molar refractivity (Wildman–Crippen MR) is 92.8 cm³/mol. The van der Waals surface area contributed by atoms with Crippen molar-refractivity contribution in [2.45, 2.75) is 32.6 Å². The fraction of sp³-hybridized carbons (Fsp3) is 0.438. The molecule has 0 aliphatic rings. The molecule has 0 atom stereocenters. The number of nitrogens with zero attached hydrogens (tertiary/aromatic N) is 1. The summed E-state index contributed by atoms with van der Waals surface area (Å²) in [7, 11) is 1.37. The normalized spacial score (nSPS) is 11.1. The molecule has 0 saturated carbocycles. The first kappa shape index (κ1) is 20.0. The number of rotatable bonds is 8. The number of ether oxygens (including phenoxy) is 1. The molecule has 1 aromatic carbocycles. The molecule has 5 nitrogen and oxygen atoms in total. The van der Waals surface area contributed by atoms with Gasteiger partial charge in [-0.1, -0.05) is 6.42 Å². The molecule has 0 aliphatic heterocycles. The highest BCUT2D eigenvalue weighted by Crippen LogP contribution is 2.09. The van der Waals surface area contributed by atoms with Crippen LogP contribution in [0.2, 0.25) is 0 Å². The van der Waals surface area contributed by atoms with Gasteiger partial charge in [0.15, 0.2) is 16.7 Å². The van der Waals surface area contributed by atoms with Gasteiger partial charge in [-0.2, -0.15) is 5.10 Å². The van der Waals surface area contributed by atoms with Gasteiger partial charge in [0.05, 0.1) is 12.8 Å². The SMILES string of the molecule is COC(=O)CCCCCNC(=S)N/N=C(/C)c1ccc(F)c(F)c1. The van der Waals surface area contributed by atoms with Crippen molar-refractivity contribution >= 4 is 29.0 Å². The van der Waals surface area contributed by atoms with E-state index >= 15 is 0 Å². The number of halogens is 2. The van der Waals surface area contributed by atoms with Gasteiger partial charge in [0.1, 0.15) is 0 Å². The lowest BCUT2D eigenvalue weighted by atomic mass is 10.1. The van der Waals surface area contributed by atoms with Crippen molar-refractivity contribution in [3.8, 4) is 0 Å². The second-order valence-electron chi connectivity index (χ2n) is 5.08. The Hall–Kier alpha value is -2.09. The summed E-state index contributed by atoms with van der Waals surface area (Å²) in [5.74, 6) is -2.03. The minimum absolute atomic E-state index is 0.206. The van der Waals surface area contributed by atoms with Crippen molar-refractivity contribution in [1.82, 2.24) is 10.7 Å². The van der Waals surface area contributed by atoms with Crippen molar-refractivity contribution < 1.29 is 18.3 Å². The van der Waals surface area contributed by atoms with Crippen molar-refractivity contribution in [1.29, 1.82) is 0 Å². The van der Waals surface area contributed by atoms with Crippen molar-refractivity contribution in [3.05, 3.63) is 35.4 Å². The maximum absolute atomic E-state index is 13.2. The Morgan fingerprint density at radius 2 is 2.00 bits per heavy atom. The van der Waals surface area contributed by atoms with Gasteiger partial charge in [-0.15, -0.1) is 0 Å². The first-order valence-corrected chi connectivity index (χ1v) is 7.95. The molecule has 8 heteroatoms. The molecule has 0 radical (unpaired) electrons. The quantitative estimate of drug-likeness (QED) is 0.246. The van der Waals surface area contributed by atoms with Crippen LogP contribution in [0.25, 0.3) is 0 Å². The van der Waals surface area contributed by atoms with Crippen LogP contribution in [0, 0.1) is 11.6 Å². The molecule has 0 saturated heterocycles. The molecule has 0 amide bonds. The van der Waals surface area contributed by atoms with Gasteiger partial charge < -0.3 is 10.1 Å². The minimum atomic E-state index is -0.922. The van der Waals surface area contributed by atoms with Crippen LogP contribution < -0.4 is 10.7 Å². The Morgan fingerprint density at radius 3 is 2.67 bits per heavy atom. The lowest BCUT2D eigenvalue weighted by Crippen LogP contribution is -2.33. The number of esters is 1. The van der Waals surface area contributed by atoms with E-state index in [2.05, 4.69) is 20.6 Å². The zero-order valence-electron chi connectivity index (χ0n) is 13.7. The average Bonchev–Trinajstić information content (AvgIpc) is 2.57. The number of thiocarbonyl (C=S) groups is 1. The second kappa shape index (κ2) is 10.6. The number of methoxy groups -OCH3 is 1. The second-order valence-corrected chi connectivity index (χ2v) is 5.49. The van der Waals surface area contributed by atoms with Crippen LogP contribution in [0.5, 0.6) is 0 Å². The van der Waals surface area contributed by atoms with Crippen LogP contribution in [0.15, 0.2) is 23.3 Å². The summed E-state index contributed by atoms with van der Waals surface area (Å²) in [6.45, 7) is 2.31. The van der Waals surface area contributed by atoms with Gasteiger partial charge in [-0.05, 0) is 50.2 Å². The summed E-state index contributed by atoms with van der Waals surface area (Å²) >= 11 is 5.07. The van der Waals surface area contributed by atoms with E-state index in [0.717, 1.165) is 31.4 Å². The van der Waals surface area contributed by atoms with Crippen LogP contribution in [-0.2, 0) is 9.53 Å². The Labute approximate surface area is 145 Å². The number of benzene rings is 1. The van der Waals surface area contributed by atoms with E-state index in [1.54, 1.807) is 6.92 Å². The summed E-state index contributed by atoms with van der Waals surface area (Å²) in [6.07, 6.45) is 2.91. The molecule has 24 heavy (non-hydrogen) atoms. The van der Waals surface area contributed by atoms with Gasteiger partial charge >= 0.3 is 5.97 Å². The molecule has 0 aromatic heterocycles. The largest absolute Gasteiger partial charge is 0.469 e. The number of unbranched alkanes of at least 4 members (excludes halogenated alkanes) is 2. The van der Waals surface area contributed by atoms with E-state index in [1.807, 2.05) is 0 Å². The molecular weight excluding hydrogens is 336 g/mol. The van der Waals surface area contributed by atoms with E-state index < -0.39 is 11.6 Å². The maximum atomic E-state index is 13.2. The van der Waals surface area contributed by atoms with Crippen LogP contribution in [0.3, 0.4) is 0 Å². The first-order valence-electron chi connectivity index (χ1n) is 7.54. The molecule has 132 valence electrons. The summed E-state index contributed by atoms with van der Waals surface area (Å²) in [5.41, 5.74) is 3.60. The molecule has 0 fully saturated rings. The monoisotopic (exact) mass is 357 g/mol. The van der Waals surface area contributed by atoms with Gasteiger partial charge in [0.2, 0.25) is 0 Å². The Bertz CT molecular complexity index is 609. The number of nitrogens with one attached hydrogen (secondary N) is 2. The standard InChI is InChI=1S/C16H21F2N3O2S/c1-11(12-7-8-13(17)14(18)10-12)20-21-16(24)19-9-5-3-4-6-15(22)23-2/h7-8,10H,3-6,9H2,1-2H3,(H2,19,21,24)/b20-11-. The Balaban J connectivity index is 2.27. The molecule has 0 heterocycles. The molecular formula is C16H21F2N3O2S. The molecule has 0 bridgehead atoms. The molecule has 1 rings (SSSR count). The molecule has 2 N–H and O–H groups in total. The number of carbonyl (C=O) groups excluding carboxylic acids is 1. The summed E-state index contributed by atoms with van der Waals surface area (Å²) in [5, 5.41) is 7.34. The van der Waals surface area contributed by atoms with Crippen LogP contribution in [0.1, 0.15) is 38.2 Å². The summed E-state index contributed by atoms with van der Waals surface area (Å²) < 4.78 is 30.6. The zero-order chi connectivity index (χ0) is 17.9. The summed E-state index contributed by atoms with van der Waals surface area (Å²) in [4.78, 5) is 10.9. The molecule has 0 unspecified atom stereocenters. The highest BCUT2D eigenvalue weighted by Gasteiger charge is 2.05. The van der Waals surface area contributed by atoms with Crippen LogP contribution >= 0.6 is 12.2 Å².